The first-order chi connectivity index (χ1) is 11.2. The van der Waals surface area contributed by atoms with Crippen molar-refractivity contribution in [1.82, 2.24) is 15.5 Å². The molecule has 1 unspecified atom stereocenters. The van der Waals surface area contributed by atoms with Crippen molar-refractivity contribution < 1.29 is 14.3 Å². The summed E-state index contributed by atoms with van der Waals surface area (Å²) in [6.07, 6.45) is 0.123. The number of nitrogens with zero attached hydrogens (tertiary/aromatic N) is 2. The van der Waals surface area contributed by atoms with Crippen molar-refractivity contribution in [3.8, 4) is 0 Å². The standard InChI is InChI=1S/C17H34N4O3/c1-13(2)11-21-7-8-23-14(12-21)9-19-16(18-6)20-10-15(22)24-17(3,4)5/h13-14H,7-12H2,1-6H3,(H2,18,19,20). The Morgan fingerprint density at radius 2 is 2.08 bits per heavy atom. The summed E-state index contributed by atoms with van der Waals surface area (Å²) in [5.41, 5.74) is -0.481. The third-order valence-electron chi connectivity index (χ3n) is 3.39. The van der Waals surface area contributed by atoms with E-state index in [0.717, 1.165) is 26.2 Å². The maximum absolute atomic E-state index is 11.7. The van der Waals surface area contributed by atoms with E-state index in [2.05, 4.69) is 34.4 Å². The van der Waals surface area contributed by atoms with Gasteiger partial charge in [0.25, 0.3) is 0 Å². The van der Waals surface area contributed by atoms with E-state index in [1.165, 1.54) is 0 Å². The molecule has 0 aromatic rings. The number of hydrogen-bond acceptors (Lipinski definition) is 5. The van der Waals surface area contributed by atoms with E-state index >= 15 is 0 Å². The van der Waals surface area contributed by atoms with Crippen LogP contribution in [0.3, 0.4) is 0 Å². The lowest BCUT2D eigenvalue weighted by atomic mass is 10.2. The van der Waals surface area contributed by atoms with E-state index in [-0.39, 0.29) is 18.6 Å². The second-order valence-corrected chi connectivity index (χ2v) is 7.54. The van der Waals surface area contributed by atoms with Crippen LogP contribution in [0.25, 0.3) is 0 Å². The van der Waals surface area contributed by atoms with E-state index in [4.69, 9.17) is 9.47 Å². The number of hydrogen-bond donors (Lipinski definition) is 2. The third kappa shape index (κ3) is 9.08. The summed E-state index contributed by atoms with van der Waals surface area (Å²) in [5, 5.41) is 6.18. The highest BCUT2D eigenvalue weighted by Gasteiger charge is 2.21. The molecular formula is C17H34N4O3. The largest absolute Gasteiger partial charge is 0.459 e. The smallest absolute Gasteiger partial charge is 0.325 e. The van der Waals surface area contributed by atoms with Crippen LogP contribution in [0.1, 0.15) is 34.6 Å². The number of morpholine rings is 1. The number of guanidine groups is 1. The van der Waals surface area contributed by atoms with Gasteiger partial charge < -0.3 is 20.1 Å². The molecule has 2 N–H and O–H groups in total. The molecule has 1 aliphatic rings. The van der Waals surface area contributed by atoms with Gasteiger partial charge in [-0.15, -0.1) is 0 Å². The number of carbonyl (C=O) groups excluding carboxylic acids is 1. The summed E-state index contributed by atoms with van der Waals surface area (Å²) in [4.78, 5) is 18.3. The Morgan fingerprint density at radius 1 is 1.38 bits per heavy atom. The first-order valence-corrected chi connectivity index (χ1v) is 8.70. The van der Waals surface area contributed by atoms with Crippen LogP contribution in [0, 0.1) is 5.92 Å². The molecule has 1 atom stereocenters. The van der Waals surface area contributed by atoms with Gasteiger partial charge in [0.2, 0.25) is 0 Å². The predicted octanol–water partition coefficient (Wildman–Crippen LogP) is 0.850. The second kappa shape index (κ2) is 9.84. The Bertz CT molecular complexity index is 419. The molecule has 24 heavy (non-hydrogen) atoms. The summed E-state index contributed by atoms with van der Waals surface area (Å²) in [6.45, 7) is 14.5. The Labute approximate surface area is 146 Å². The van der Waals surface area contributed by atoms with Crippen molar-refractivity contribution in [2.75, 3.05) is 46.4 Å². The van der Waals surface area contributed by atoms with E-state index in [9.17, 15) is 4.79 Å². The SMILES string of the molecule is CN=C(NCC(=O)OC(C)(C)C)NCC1CN(CC(C)C)CCO1. The van der Waals surface area contributed by atoms with Crippen LogP contribution in [-0.4, -0.2) is 74.9 Å². The first-order valence-electron chi connectivity index (χ1n) is 8.70. The zero-order chi connectivity index (χ0) is 18.2. The molecule has 7 nitrogen and oxygen atoms in total. The van der Waals surface area contributed by atoms with Gasteiger partial charge in [0, 0.05) is 33.2 Å². The lowest BCUT2D eigenvalue weighted by molar-refractivity contribution is -0.153. The maximum atomic E-state index is 11.7. The van der Waals surface area contributed by atoms with Gasteiger partial charge in [0.15, 0.2) is 5.96 Å². The lowest BCUT2D eigenvalue weighted by Gasteiger charge is -2.34. The fraction of sp³-hybridized carbons (Fsp3) is 0.882. The van der Waals surface area contributed by atoms with Crippen LogP contribution >= 0.6 is 0 Å². The molecule has 0 bridgehead atoms. The molecule has 1 rings (SSSR count). The van der Waals surface area contributed by atoms with Crippen LogP contribution < -0.4 is 10.6 Å². The van der Waals surface area contributed by atoms with E-state index < -0.39 is 5.60 Å². The van der Waals surface area contributed by atoms with Crippen LogP contribution in [0.4, 0.5) is 0 Å². The fourth-order valence-electron chi connectivity index (χ4n) is 2.55. The summed E-state index contributed by atoms with van der Waals surface area (Å²) in [7, 11) is 1.68. The van der Waals surface area contributed by atoms with Crippen LogP contribution in [0.15, 0.2) is 4.99 Å². The van der Waals surface area contributed by atoms with Gasteiger partial charge in [-0.05, 0) is 26.7 Å². The Balaban J connectivity index is 2.32. The molecule has 0 spiro atoms. The minimum Gasteiger partial charge on any atom is -0.459 e. The van der Waals surface area contributed by atoms with E-state index in [1.807, 2.05) is 20.8 Å². The molecular weight excluding hydrogens is 308 g/mol. The number of esters is 1. The molecule has 140 valence electrons. The van der Waals surface area contributed by atoms with E-state index in [0.29, 0.717) is 18.4 Å². The molecule has 0 radical (unpaired) electrons. The van der Waals surface area contributed by atoms with Crippen LogP contribution in [0.2, 0.25) is 0 Å². The molecule has 1 heterocycles. The third-order valence-corrected chi connectivity index (χ3v) is 3.39. The first kappa shape index (κ1) is 20.7. The Morgan fingerprint density at radius 3 is 2.67 bits per heavy atom. The quantitative estimate of drug-likeness (QED) is 0.423. The molecule has 1 fully saturated rings. The van der Waals surface area contributed by atoms with Gasteiger partial charge in [-0.2, -0.15) is 0 Å². The topological polar surface area (TPSA) is 75.2 Å². The Kier molecular flexibility index (Phi) is 8.48. The summed E-state index contributed by atoms with van der Waals surface area (Å²) >= 11 is 0. The molecule has 0 saturated carbocycles. The highest BCUT2D eigenvalue weighted by Crippen LogP contribution is 2.07. The normalized spacial score (nSPS) is 20.1. The van der Waals surface area contributed by atoms with Crippen molar-refractivity contribution in [3.05, 3.63) is 0 Å². The van der Waals surface area contributed by atoms with E-state index in [1.54, 1.807) is 7.05 Å². The summed E-state index contributed by atoms with van der Waals surface area (Å²) in [5.74, 6) is 0.924. The number of rotatable bonds is 6. The number of aliphatic imine (C=N–C) groups is 1. The lowest BCUT2D eigenvalue weighted by Crippen LogP contribution is -2.50. The highest BCUT2D eigenvalue weighted by molar-refractivity contribution is 5.84. The van der Waals surface area contributed by atoms with Crippen molar-refractivity contribution in [2.45, 2.75) is 46.3 Å². The molecule has 7 heteroatoms. The highest BCUT2D eigenvalue weighted by atomic mass is 16.6. The molecule has 1 saturated heterocycles. The van der Waals surface area contributed by atoms with Crippen molar-refractivity contribution in [1.29, 1.82) is 0 Å². The summed E-state index contributed by atoms with van der Waals surface area (Å²) < 4.78 is 11.1. The fourth-order valence-corrected chi connectivity index (χ4v) is 2.55. The number of nitrogens with one attached hydrogen (secondary N) is 2. The number of ether oxygens (including phenoxy) is 2. The van der Waals surface area contributed by atoms with Gasteiger partial charge in [-0.1, -0.05) is 13.8 Å². The zero-order valence-electron chi connectivity index (χ0n) is 16.0. The minimum atomic E-state index is -0.481. The molecule has 1 aliphatic heterocycles. The molecule has 0 aromatic heterocycles. The van der Waals surface area contributed by atoms with Crippen LogP contribution in [0.5, 0.6) is 0 Å². The average Bonchev–Trinajstić information content (AvgIpc) is 2.45. The monoisotopic (exact) mass is 342 g/mol. The summed E-state index contributed by atoms with van der Waals surface area (Å²) in [6, 6.07) is 0. The maximum Gasteiger partial charge on any atom is 0.325 e. The van der Waals surface area contributed by atoms with Crippen molar-refractivity contribution in [2.24, 2.45) is 10.9 Å². The zero-order valence-corrected chi connectivity index (χ0v) is 16.0. The average molecular weight is 342 g/mol. The van der Waals surface area contributed by atoms with Gasteiger partial charge in [-0.3, -0.25) is 14.7 Å². The minimum absolute atomic E-state index is 0.0853. The predicted molar refractivity (Wildman–Crippen MR) is 96.2 cm³/mol. The van der Waals surface area contributed by atoms with Gasteiger partial charge in [0.05, 0.1) is 12.7 Å². The van der Waals surface area contributed by atoms with Crippen molar-refractivity contribution in [3.63, 3.8) is 0 Å². The van der Waals surface area contributed by atoms with Gasteiger partial charge in [0.1, 0.15) is 12.1 Å². The molecule has 0 amide bonds. The molecule has 0 aromatic carbocycles. The van der Waals surface area contributed by atoms with Crippen molar-refractivity contribution >= 4 is 11.9 Å². The Hall–Kier alpha value is -1.34. The van der Waals surface area contributed by atoms with Crippen LogP contribution in [-0.2, 0) is 14.3 Å². The molecule has 0 aliphatic carbocycles. The second-order valence-electron chi connectivity index (χ2n) is 7.54. The van der Waals surface area contributed by atoms with Gasteiger partial charge in [-0.25, -0.2) is 0 Å². The van der Waals surface area contributed by atoms with Gasteiger partial charge >= 0.3 is 5.97 Å². The number of carbonyl (C=O) groups is 1.